The standard InChI is InChI=1S/C6H12N2O4S2/c7-6(8,5(11)12)3-14-13-2-1-4(9)10/h1-3,7-8H2,(H,9,10)(H,11,12). The number of carbonyl (C=O) groups is 2. The summed E-state index contributed by atoms with van der Waals surface area (Å²) in [5.41, 5.74) is 8.71. The first-order chi connectivity index (χ1) is 6.36. The molecule has 0 aromatic rings. The zero-order valence-electron chi connectivity index (χ0n) is 7.30. The van der Waals surface area contributed by atoms with Gasteiger partial charge in [-0.3, -0.25) is 4.79 Å². The van der Waals surface area contributed by atoms with Crippen molar-refractivity contribution in [3.8, 4) is 0 Å². The van der Waals surface area contributed by atoms with Gasteiger partial charge >= 0.3 is 11.9 Å². The maximum Gasteiger partial charge on any atom is 0.339 e. The van der Waals surface area contributed by atoms with Gasteiger partial charge in [0.2, 0.25) is 0 Å². The Morgan fingerprint density at radius 2 is 1.79 bits per heavy atom. The van der Waals surface area contributed by atoms with Crippen LogP contribution in [0.5, 0.6) is 0 Å². The van der Waals surface area contributed by atoms with E-state index < -0.39 is 17.6 Å². The zero-order valence-corrected chi connectivity index (χ0v) is 8.94. The van der Waals surface area contributed by atoms with Gasteiger partial charge in [0.05, 0.1) is 6.42 Å². The van der Waals surface area contributed by atoms with Gasteiger partial charge < -0.3 is 21.7 Å². The minimum absolute atomic E-state index is 0.0343. The van der Waals surface area contributed by atoms with E-state index in [2.05, 4.69) is 0 Å². The normalized spacial score (nSPS) is 11.3. The topological polar surface area (TPSA) is 127 Å². The van der Waals surface area contributed by atoms with Crippen LogP contribution >= 0.6 is 21.6 Å². The average molecular weight is 240 g/mol. The number of hydrogen-bond acceptors (Lipinski definition) is 6. The lowest BCUT2D eigenvalue weighted by atomic mass is 10.2. The Morgan fingerprint density at radius 3 is 2.21 bits per heavy atom. The van der Waals surface area contributed by atoms with Crippen LogP contribution in [0.1, 0.15) is 6.42 Å². The molecule has 8 heteroatoms. The highest BCUT2D eigenvalue weighted by atomic mass is 33.1. The molecule has 0 aromatic carbocycles. The summed E-state index contributed by atoms with van der Waals surface area (Å²) < 4.78 is 0. The summed E-state index contributed by atoms with van der Waals surface area (Å²) in [6, 6.07) is 0. The minimum Gasteiger partial charge on any atom is -0.481 e. The van der Waals surface area contributed by atoms with Crippen molar-refractivity contribution in [1.29, 1.82) is 0 Å². The molecule has 0 fully saturated rings. The Hall–Kier alpha value is -0.440. The molecule has 0 amide bonds. The molecule has 0 aliphatic rings. The van der Waals surface area contributed by atoms with Gasteiger partial charge in [-0.2, -0.15) is 0 Å². The smallest absolute Gasteiger partial charge is 0.339 e. The average Bonchev–Trinajstić information content (AvgIpc) is 2.02. The van der Waals surface area contributed by atoms with E-state index in [0.717, 1.165) is 10.8 Å². The number of rotatable bonds is 7. The van der Waals surface area contributed by atoms with E-state index in [1.807, 2.05) is 0 Å². The molecule has 0 atom stereocenters. The number of nitrogens with two attached hydrogens (primary N) is 2. The molecule has 0 aliphatic heterocycles. The number of hydrogen-bond donors (Lipinski definition) is 4. The van der Waals surface area contributed by atoms with E-state index >= 15 is 0 Å². The number of aliphatic carboxylic acids is 2. The van der Waals surface area contributed by atoms with Crippen LogP contribution in [0.2, 0.25) is 0 Å². The highest BCUT2D eigenvalue weighted by Gasteiger charge is 2.28. The molecule has 0 rings (SSSR count). The van der Waals surface area contributed by atoms with Gasteiger partial charge in [-0.05, 0) is 0 Å². The van der Waals surface area contributed by atoms with E-state index in [1.165, 1.54) is 10.8 Å². The third kappa shape index (κ3) is 6.08. The second-order valence-electron chi connectivity index (χ2n) is 2.57. The van der Waals surface area contributed by atoms with Crippen LogP contribution in [0.25, 0.3) is 0 Å². The lowest BCUT2D eigenvalue weighted by Gasteiger charge is -2.17. The predicted molar refractivity (Wildman–Crippen MR) is 55.9 cm³/mol. The molecule has 6 nitrogen and oxygen atoms in total. The monoisotopic (exact) mass is 240 g/mol. The molecule has 0 bridgehead atoms. The Labute approximate surface area is 88.8 Å². The summed E-state index contributed by atoms with van der Waals surface area (Å²) in [5, 5.41) is 16.8. The number of carboxylic acid groups (broad SMARTS) is 2. The molecule has 0 radical (unpaired) electrons. The molecule has 0 aromatic heterocycles. The van der Waals surface area contributed by atoms with Crippen LogP contribution in [0.15, 0.2) is 0 Å². The van der Waals surface area contributed by atoms with Gasteiger partial charge in [0.25, 0.3) is 0 Å². The molecule has 6 N–H and O–H groups in total. The van der Waals surface area contributed by atoms with E-state index in [9.17, 15) is 9.59 Å². The summed E-state index contributed by atoms with van der Waals surface area (Å²) in [4.78, 5) is 20.5. The van der Waals surface area contributed by atoms with Crippen molar-refractivity contribution in [1.82, 2.24) is 0 Å². The van der Waals surface area contributed by atoms with Crippen LogP contribution in [0.3, 0.4) is 0 Å². The Balaban J connectivity index is 3.54. The first-order valence-electron chi connectivity index (χ1n) is 3.63. The minimum atomic E-state index is -1.75. The summed E-state index contributed by atoms with van der Waals surface area (Å²) in [6.07, 6.45) is 0.0346. The van der Waals surface area contributed by atoms with Gasteiger partial charge in [-0.25, -0.2) is 4.79 Å². The largest absolute Gasteiger partial charge is 0.481 e. The van der Waals surface area contributed by atoms with E-state index in [0.29, 0.717) is 5.75 Å². The van der Waals surface area contributed by atoms with Gasteiger partial charge in [0.15, 0.2) is 5.66 Å². The lowest BCUT2D eigenvalue weighted by molar-refractivity contribution is -0.142. The fourth-order valence-corrected chi connectivity index (χ4v) is 2.61. The summed E-state index contributed by atoms with van der Waals surface area (Å²) in [5.74, 6) is -1.73. The quantitative estimate of drug-likeness (QED) is 0.267. The van der Waals surface area contributed by atoms with E-state index in [-0.39, 0.29) is 12.2 Å². The Bertz CT molecular complexity index is 222. The van der Waals surface area contributed by atoms with Crippen molar-refractivity contribution in [2.24, 2.45) is 11.5 Å². The van der Waals surface area contributed by atoms with Crippen LogP contribution in [-0.4, -0.2) is 39.3 Å². The second-order valence-corrected chi connectivity index (χ2v) is 5.16. The predicted octanol–water partition coefficient (Wildman–Crippen LogP) is -0.459. The first-order valence-corrected chi connectivity index (χ1v) is 6.12. The van der Waals surface area contributed by atoms with Crippen molar-refractivity contribution in [2.45, 2.75) is 12.1 Å². The van der Waals surface area contributed by atoms with Gasteiger partial charge in [0, 0.05) is 11.5 Å². The first kappa shape index (κ1) is 13.6. The lowest BCUT2D eigenvalue weighted by Crippen LogP contribution is -2.58. The number of carboxylic acids is 2. The molecule has 0 aliphatic carbocycles. The molecule has 0 saturated carbocycles. The molecule has 0 spiro atoms. The summed E-state index contributed by atoms with van der Waals surface area (Å²) in [7, 11) is 2.39. The van der Waals surface area contributed by atoms with E-state index in [1.54, 1.807) is 0 Å². The second kappa shape index (κ2) is 6.12. The highest BCUT2D eigenvalue weighted by Crippen LogP contribution is 2.23. The van der Waals surface area contributed by atoms with Crippen LogP contribution in [0.4, 0.5) is 0 Å². The Kier molecular flexibility index (Phi) is 5.93. The molecule has 14 heavy (non-hydrogen) atoms. The summed E-state index contributed by atoms with van der Waals surface area (Å²) >= 11 is 0. The fourth-order valence-electron chi connectivity index (χ4n) is 0.389. The molecule has 82 valence electrons. The highest BCUT2D eigenvalue weighted by molar-refractivity contribution is 8.76. The summed E-state index contributed by atoms with van der Waals surface area (Å²) in [6.45, 7) is 0. The van der Waals surface area contributed by atoms with Crippen molar-refractivity contribution >= 4 is 33.5 Å². The van der Waals surface area contributed by atoms with Crippen molar-refractivity contribution in [3.63, 3.8) is 0 Å². The zero-order chi connectivity index (χ0) is 11.2. The van der Waals surface area contributed by atoms with Crippen molar-refractivity contribution in [3.05, 3.63) is 0 Å². The van der Waals surface area contributed by atoms with Gasteiger partial charge in [-0.1, -0.05) is 21.6 Å². The maximum atomic E-state index is 10.4. The van der Waals surface area contributed by atoms with Crippen molar-refractivity contribution < 1.29 is 19.8 Å². The van der Waals surface area contributed by atoms with Crippen molar-refractivity contribution in [2.75, 3.05) is 11.5 Å². The van der Waals surface area contributed by atoms with Gasteiger partial charge in [0.1, 0.15) is 0 Å². The molecule has 0 saturated heterocycles. The SMILES string of the molecule is NC(N)(CSSCCC(=O)O)C(=O)O. The van der Waals surface area contributed by atoms with Gasteiger partial charge in [-0.15, -0.1) is 0 Å². The van der Waals surface area contributed by atoms with Crippen LogP contribution < -0.4 is 11.5 Å². The van der Waals surface area contributed by atoms with E-state index in [4.69, 9.17) is 21.7 Å². The maximum absolute atomic E-state index is 10.4. The Morgan fingerprint density at radius 1 is 1.21 bits per heavy atom. The molecule has 0 heterocycles. The molecular formula is C6H12N2O4S2. The molecular weight excluding hydrogens is 228 g/mol. The fraction of sp³-hybridized carbons (Fsp3) is 0.667. The van der Waals surface area contributed by atoms with Crippen LogP contribution in [0, 0.1) is 0 Å². The third-order valence-electron chi connectivity index (χ3n) is 1.18. The molecule has 0 unspecified atom stereocenters. The third-order valence-corrected chi connectivity index (χ3v) is 3.67. The van der Waals surface area contributed by atoms with Crippen LogP contribution in [-0.2, 0) is 9.59 Å².